The van der Waals surface area contributed by atoms with Gasteiger partial charge in [0.1, 0.15) is 6.61 Å². The van der Waals surface area contributed by atoms with Crippen molar-refractivity contribution < 1.29 is 14.3 Å². The monoisotopic (exact) mass is 477 g/mol. The maximum Gasteiger partial charge on any atom is 0.241 e. The normalized spacial score (nSPS) is 10.8. The highest BCUT2D eigenvalue weighted by atomic mass is 127. The van der Waals surface area contributed by atoms with Crippen molar-refractivity contribution in [1.82, 2.24) is 0 Å². The molecule has 2 N–H and O–H groups in total. The lowest BCUT2D eigenvalue weighted by atomic mass is 10.2. The standard InChI is InChI=1S/C17H14Cl2INO3/c1-23-15-8-10(3-5-16(21)22)7-14(20)17(15)24-9-11-2-4-12(18)13(19)6-11/h2-8H,9H2,1H3,(H2,21,22)/b5-3-. The first-order valence-electron chi connectivity index (χ1n) is 6.82. The van der Waals surface area contributed by atoms with E-state index in [0.29, 0.717) is 28.2 Å². The molecular weight excluding hydrogens is 464 g/mol. The third kappa shape index (κ3) is 5.03. The highest BCUT2D eigenvalue weighted by molar-refractivity contribution is 14.1. The molecule has 1 amide bonds. The fourth-order valence-electron chi connectivity index (χ4n) is 1.94. The fourth-order valence-corrected chi connectivity index (χ4v) is 3.04. The number of primary amides is 1. The minimum absolute atomic E-state index is 0.319. The zero-order chi connectivity index (χ0) is 17.7. The van der Waals surface area contributed by atoms with Crippen molar-refractivity contribution >= 4 is 57.8 Å². The number of ether oxygens (including phenoxy) is 2. The first-order chi connectivity index (χ1) is 11.4. The Hall–Kier alpha value is -1.44. The van der Waals surface area contributed by atoms with Crippen LogP contribution in [-0.4, -0.2) is 13.0 Å². The molecule has 0 saturated heterocycles. The molecule has 0 aliphatic carbocycles. The molecule has 7 heteroatoms. The predicted molar refractivity (Wildman–Crippen MR) is 105 cm³/mol. The van der Waals surface area contributed by atoms with Gasteiger partial charge in [-0.15, -0.1) is 0 Å². The number of hydrogen-bond donors (Lipinski definition) is 1. The van der Waals surface area contributed by atoms with Gasteiger partial charge in [-0.25, -0.2) is 0 Å². The van der Waals surface area contributed by atoms with Gasteiger partial charge in [-0.2, -0.15) is 0 Å². The number of methoxy groups -OCH3 is 1. The van der Waals surface area contributed by atoms with E-state index in [1.165, 1.54) is 6.08 Å². The van der Waals surface area contributed by atoms with E-state index in [0.717, 1.165) is 14.7 Å². The Morgan fingerprint density at radius 2 is 2.00 bits per heavy atom. The minimum Gasteiger partial charge on any atom is -0.493 e. The van der Waals surface area contributed by atoms with Gasteiger partial charge in [-0.05, 0) is 64.1 Å². The summed E-state index contributed by atoms with van der Waals surface area (Å²) in [5.41, 5.74) is 6.79. The van der Waals surface area contributed by atoms with E-state index in [9.17, 15) is 4.79 Å². The molecule has 0 radical (unpaired) electrons. The molecule has 0 saturated carbocycles. The van der Waals surface area contributed by atoms with E-state index in [2.05, 4.69) is 22.6 Å². The van der Waals surface area contributed by atoms with Gasteiger partial charge < -0.3 is 15.2 Å². The minimum atomic E-state index is -0.510. The van der Waals surface area contributed by atoms with Crippen LogP contribution in [0.4, 0.5) is 0 Å². The SMILES string of the molecule is COc1cc(/C=C\C(N)=O)cc(I)c1OCc1ccc(Cl)c(Cl)c1. The van der Waals surface area contributed by atoms with Gasteiger partial charge in [0.15, 0.2) is 11.5 Å². The fraction of sp³-hybridized carbons (Fsp3) is 0.118. The van der Waals surface area contributed by atoms with Gasteiger partial charge in [0.05, 0.1) is 20.7 Å². The van der Waals surface area contributed by atoms with E-state index in [1.54, 1.807) is 31.4 Å². The number of halogens is 3. The molecule has 0 aromatic heterocycles. The molecule has 0 heterocycles. The molecule has 2 rings (SSSR count). The molecule has 24 heavy (non-hydrogen) atoms. The Balaban J connectivity index is 2.22. The van der Waals surface area contributed by atoms with Crippen LogP contribution in [-0.2, 0) is 11.4 Å². The van der Waals surface area contributed by atoms with Crippen LogP contribution >= 0.6 is 45.8 Å². The summed E-state index contributed by atoms with van der Waals surface area (Å²) in [6.07, 6.45) is 2.91. The van der Waals surface area contributed by atoms with Gasteiger partial charge in [0.2, 0.25) is 5.91 Å². The Morgan fingerprint density at radius 3 is 2.62 bits per heavy atom. The first kappa shape index (κ1) is 18.9. The number of rotatable bonds is 6. The second-order valence-corrected chi connectivity index (χ2v) is 6.78. The lowest BCUT2D eigenvalue weighted by molar-refractivity contribution is -0.113. The maximum atomic E-state index is 10.8. The van der Waals surface area contributed by atoms with Crippen molar-refractivity contribution in [1.29, 1.82) is 0 Å². The average molecular weight is 478 g/mol. The molecule has 0 unspecified atom stereocenters. The van der Waals surface area contributed by atoms with Crippen molar-refractivity contribution in [2.24, 2.45) is 5.73 Å². The first-order valence-corrected chi connectivity index (χ1v) is 8.66. The summed E-state index contributed by atoms with van der Waals surface area (Å²) >= 11 is 14.1. The Morgan fingerprint density at radius 1 is 1.25 bits per heavy atom. The predicted octanol–water partition coefficient (Wildman–Crippen LogP) is 4.68. The van der Waals surface area contributed by atoms with Crippen molar-refractivity contribution in [3.05, 3.63) is 61.2 Å². The molecule has 0 bridgehead atoms. The second-order valence-electron chi connectivity index (χ2n) is 4.81. The highest BCUT2D eigenvalue weighted by Crippen LogP contribution is 2.35. The second kappa shape index (κ2) is 8.60. The summed E-state index contributed by atoms with van der Waals surface area (Å²) in [5.74, 6) is 0.662. The summed E-state index contributed by atoms with van der Waals surface area (Å²) in [7, 11) is 1.55. The zero-order valence-electron chi connectivity index (χ0n) is 12.7. The number of carbonyl (C=O) groups is 1. The molecule has 4 nitrogen and oxygen atoms in total. The Kier molecular flexibility index (Phi) is 6.77. The summed E-state index contributed by atoms with van der Waals surface area (Å²) in [6, 6.07) is 8.96. The molecule has 0 aliphatic rings. The van der Waals surface area contributed by atoms with Gasteiger partial charge in [0, 0.05) is 6.08 Å². The largest absolute Gasteiger partial charge is 0.493 e. The van der Waals surface area contributed by atoms with Crippen LogP contribution in [0.15, 0.2) is 36.4 Å². The lowest BCUT2D eigenvalue weighted by Crippen LogP contribution is -2.05. The number of carbonyl (C=O) groups excluding carboxylic acids is 1. The maximum absolute atomic E-state index is 10.8. The summed E-state index contributed by atoms with van der Waals surface area (Å²) in [6.45, 7) is 0.319. The Labute approximate surface area is 163 Å². The van der Waals surface area contributed by atoms with E-state index in [-0.39, 0.29) is 0 Å². The quantitative estimate of drug-likeness (QED) is 0.485. The number of hydrogen-bond acceptors (Lipinski definition) is 3. The summed E-state index contributed by atoms with van der Waals surface area (Å²) in [4.78, 5) is 10.8. The van der Waals surface area contributed by atoms with E-state index in [4.69, 9.17) is 38.4 Å². The molecule has 2 aromatic rings. The molecule has 0 aliphatic heterocycles. The van der Waals surface area contributed by atoms with Crippen LogP contribution in [0, 0.1) is 3.57 Å². The molecule has 2 aromatic carbocycles. The third-order valence-electron chi connectivity index (χ3n) is 3.06. The van der Waals surface area contributed by atoms with Crippen LogP contribution in [0.2, 0.25) is 10.0 Å². The van der Waals surface area contributed by atoms with Crippen molar-refractivity contribution in [2.45, 2.75) is 6.61 Å². The van der Waals surface area contributed by atoms with Gasteiger partial charge >= 0.3 is 0 Å². The molecule has 126 valence electrons. The third-order valence-corrected chi connectivity index (χ3v) is 4.60. The van der Waals surface area contributed by atoms with Crippen molar-refractivity contribution in [3.63, 3.8) is 0 Å². The van der Waals surface area contributed by atoms with Gasteiger partial charge in [-0.1, -0.05) is 29.3 Å². The molecule has 0 atom stereocenters. The van der Waals surface area contributed by atoms with E-state index < -0.39 is 5.91 Å². The van der Waals surface area contributed by atoms with Crippen LogP contribution in [0.5, 0.6) is 11.5 Å². The Bertz CT molecular complexity index is 794. The van der Waals surface area contributed by atoms with Gasteiger partial charge in [-0.3, -0.25) is 4.79 Å². The van der Waals surface area contributed by atoms with Gasteiger partial charge in [0.25, 0.3) is 0 Å². The summed E-state index contributed by atoms with van der Waals surface area (Å²) < 4.78 is 12.1. The van der Waals surface area contributed by atoms with E-state index in [1.807, 2.05) is 12.1 Å². The topological polar surface area (TPSA) is 61.5 Å². The van der Waals surface area contributed by atoms with E-state index >= 15 is 0 Å². The zero-order valence-corrected chi connectivity index (χ0v) is 16.4. The molecular formula is C17H14Cl2INO3. The van der Waals surface area contributed by atoms with Crippen LogP contribution in [0.3, 0.4) is 0 Å². The highest BCUT2D eigenvalue weighted by Gasteiger charge is 2.11. The molecule has 0 fully saturated rings. The van der Waals surface area contributed by atoms with Crippen molar-refractivity contribution in [2.75, 3.05) is 7.11 Å². The summed E-state index contributed by atoms with van der Waals surface area (Å²) in [5, 5.41) is 0.976. The van der Waals surface area contributed by atoms with Crippen LogP contribution in [0.25, 0.3) is 6.08 Å². The van der Waals surface area contributed by atoms with Crippen molar-refractivity contribution in [3.8, 4) is 11.5 Å². The molecule has 0 spiro atoms. The van der Waals surface area contributed by atoms with Crippen LogP contribution < -0.4 is 15.2 Å². The number of nitrogens with two attached hydrogens (primary N) is 1. The smallest absolute Gasteiger partial charge is 0.241 e. The van der Waals surface area contributed by atoms with Crippen LogP contribution in [0.1, 0.15) is 11.1 Å². The average Bonchev–Trinajstić information content (AvgIpc) is 2.54. The number of benzene rings is 2. The number of amides is 1. The lowest BCUT2D eigenvalue weighted by Gasteiger charge is -2.14.